The predicted molar refractivity (Wildman–Crippen MR) is 60.2 cm³/mol. The molecule has 2 nitrogen and oxygen atoms in total. The number of carbonyl (C=O) groups is 2. The van der Waals surface area contributed by atoms with Crippen molar-refractivity contribution in [1.29, 1.82) is 0 Å². The van der Waals surface area contributed by atoms with E-state index in [1.807, 2.05) is 0 Å². The molecule has 0 saturated heterocycles. The first kappa shape index (κ1) is 14.4. The van der Waals surface area contributed by atoms with Crippen molar-refractivity contribution < 1.29 is 22.8 Å². The van der Waals surface area contributed by atoms with Crippen molar-refractivity contribution >= 4 is 12.1 Å². The van der Waals surface area contributed by atoms with E-state index in [1.165, 1.54) is 19.1 Å². The van der Waals surface area contributed by atoms with E-state index < -0.39 is 30.2 Å². The van der Waals surface area contributed by atoms with Crippen LogP contribution in [0.5, 0.6) is 0 Å². The standard InChI is InChI=1S/C13H13F3O2/c1-9(8-17)11(13(14,15)16)7-12(18)10-5-3-2-4-6-10/h2-6,8-9,11H,7H2,1H3. The quantitative estimate of drug-likeness (QED) is 0.600. The topological polar surface area (TPSA) is 34.1 Å². The van der Waals surface area contributed by atoms with Crippen LogP contribution in [0, 0.1) is 11.8 Å². The highest BCUT2D eigenvalue weighted by Crippen LogP contribution is 2.34. The number of Topliss-reactive ketones (excluding diaryl/α,β-unsaturated/α-hetero) is 1. The Morgan fingerprint density at radius 1 is 1.28 bits per heavy atom. The van der Waals surface area contributed by atoms with E-state index in [4.69, 9.17) is 0 Å². The normalized spacial score (nSPS) is 14.9. The fourth-order valence-electron chi connectivity index (χ4n) is 1.64. The average molecular weight is 258 g/mol. The molecule has 0 aliphatic heterocycles. The van der Waals surface area contributed by atoms with E-state index in [0.29, 0.717) is 0 Å². The lowest BCUT2D eigenvalue weighted by atomic mass is 9.88. The molecule has 0 saturated carbocycles. The number of carbonyl (C=O) groups excluding carboxylic acids is 2. The maximum atomic E-state index is 12.7. The summed E-state index contributed by atoms with van der Waals surface area (Å²) in [4.78, 5) is 22.2. The smallest absolute Gasteiger partial charge is 0.303 e. The summed E-state index contributed by atoms with van der Waals surface area (Å²) in [5.74, 6) is -3.76. The Morgan fingerprint density at radius 2 is 1.83 bits per heavy atom. The third kappa shape index (κ3) is 3.68. The molecule has 0 radical (unpaired) electrons. The molecule has 98 valence electrons. The molecule has 0 amide bonds. The Morgan fingerprint density at radius 3 is 2.28 bits per heavy atom. The molecule has 2 unspecified atom stereocenters. The molecule has 0 spiro atoms. The van der Waals surface area contributed by atoms with Gasteiger partial charge in [0.05, 0.1) is 5.92 Å². The summed E-state index contributed by atoms with van der Waals surface area (Å²) >= 11 is 0. The molecule has 1 aromatic rings. The summed E-state index contributed by atoms with van der Waals surface area (Å²) in [5, 5.41) is 0. The highest BCUT2D eigenvalue weighted by Gasteiger charge is 2.44. The third-order valence-corrected chi connectivity index (χ3v) is 2.77. The molecular weight excluding hydrogens is 245 g/mol. The molecule has 0 aliphatic carbocycles. The predicted octanol–water partition coefficient (Wildman–Crippen LogP) is 3.27. The Kier molecular flexibility index (Phi) is 4.64. The summed E-state index contributed by atoms with van der Waals surface area (Å²) in [6, 6.07) is 7.76. The number of hydrogen-bond donors (Lipinski definition) is 0. The van der Waals surface area contributed by atoms with Crippen LogP contribution in [0.3, 0.4) is 0 Å². The van der Waals surface area contributed by atoms with E-state index in [1.54, 1.807) is 18.2 Å². The Bertz CT molecular complexity index is 412. The molecule has 2 atom stereocenters. The molecule has 18 heavy (non-hydrogen) atoms. The first-order valence-corrected chi connectivity index (χ1v) is 5.46. The lowest BCUT2D eigenvalue weighted by Gasteiger charge is -2.22. The molecule has 0 aliphatic rings. The van der Waals surface area contributed by atoms with Crippen LogP contribution in [0.15, 0.2) is 30.3 Å². The Labute approximate surface area is 103 Å². The van der Waals surface area contributed by atoms with Crippen LogP contribution in [0.2, 0.25) is 0 Å². The van der Waals surface area contributed by atoms with Gasteiger partial charge in [-0.3, -0.25) is 4.79 Å². The lowest BCUT2D eigenvalue weighted by molar-refractivity contribution is -0.185. The van der Waals surface area contributed by atoms with Gasteiger partial charge in [-0.15, -0.1) is 0 Å². The second-order valence-corrected chi connectivity index (χ2v) is 4.14. The maximum Gasteiger partial charge on any atom is 0.392 e. The van der Waals surface area contributed by atoms with Gasteiger partial charge in [0.15, 0.2) is 5.78 Å². The number of alkyl halides is 3. The van der Waals surface area contributed by atoms with E-state index >= 15 is 0 Å². The van der Waals surface area contributed by atoms with Gasteiger partial charge in [0, 0.05) is 17.9 Å². The van der Waals surface area contributed by atoms with Crippen molar-refractivity contribution in [3.05, 3.63) is 35.9 Å². The summed E-state index contributed by atoms with van der Waals surface area (Å²) in [6.45, 7) is 1.17. The van der Waals surface area contributed by atoms with Gasteiger partial charge >= 0.3 is 6.18 Å². The van der Waals surface area contributed by atoms with Gasteiger partial charge < -0.3 is 4.79 Å². The molecule has 0 fully saturated rings. The number of halogens is 3. The van der Waals surface area contributed by atoms with Gasteiger partial charge in [0.1, 0.15) is 6.29 Å². The Hall–Kier alpha value is -1.65. The zero-order valence-corrected chi connectivity index (χ0v) is 9.78. The zero-order chi connectivity index (χ0) is 13.8. The molecule has 0 aromatic heterocycles. The van der Waals surface area contributed by atoms with Gasteiger partial charge in [0.25, 0.3) is 0 Å². The van der Waals surface area contributed by atoms with Crippen molar-refractivity contribution in [2.75, 3.05) is 0 Å². The fraction of sp³-hybridized carbons (Fsp3) is 0.385. The summed E-state index contributed by atoms with van der Waals surface area (Å²) in [7, 11) is 0. The van der Waals surface area contributed by atoms with Crippen molar-refractivity contribution in [1.82, 2.24) is 0 Å². The largest absolute Gasteiger partial charge is 0.392 e. The molecule has 5 heteroatoms. The van der Waals surface area contributed by atoms with Gasteiger partial charge in [-0.2, -0.15) is 13.2 Å². The molecule has 0 N–H and O–H groups in total. The highest BCUT2D eigenvalue weighted by molar-refractivity contribution is 5.96. The molecule has 1 aromatic carbocycles. The molecule has 0 heterocycles. The number of hydrogen-bond acceptors (Lipinski definition) is 2. The summed E-state index contributed by atoms with van der Waals surface area (Å²) in [6.07, 6.45) is -5.02. The fourth-order valence-corrected chi connectivity index (χ4v) is 1.64. The minimum Gasteiger partial charge on any atom is -0.303 e. The summed E-state index contributed by atoms with van der Waals surface area (Å²) in [5.41, 5.74) is 0.227. The van der Waals surface area contributed by atoms with E-state index in [2.05, 4.69) is 0 Å². The van der Waals surface area contributed by atoms with E-state index in [-0.39, 0.29) is 11.8 Å². The van der Waals surface area contributed by atoms with Crippen molar-refractivity contribution in [2.24, 2.45) is 11.8 Å². The SMILES string of the molecule is CC(C=O)C(CC(=O)c1ccccc1)C(F)(F)F. The number of aldehydes is 1. The van der Waals surface area contributed by atoms with Crippen LogP contribution in [-0.4, -0.2) is 18.2 Å². The number of benzene rings is 1. The first-order chi connectivity index (χ1) is 8.36. The van der Waals surface area contributed by atoms with Gasteiger partial charge in [-0.25, -0.2) is 0 Å². The van der Waals surface area contributed by atoms with E-state index in [0.717, 1.165) is 0 Å². The summed E-state index contributed by atoms with van der Waals surface area (Å²) < 4.78 is 38.2. The van der Waals surface area contributed by atoms with Gasteiger partial charge in [0.2, 0.25) is 0 Å². The van der Waals surface area contributed by atoms with Crippen LogP contribution in [0.1, 0.15) is 23.7 Å². The van der Waals surface area contributed by atoms with Gasteiger partial charge in [-0.05, 0) is 0 Å². The highest BCUT2D eigenvalue weighted by atomic mass is 19.4. The second kappa shape index (κ2) is 5.80. The maximum absolute atomic E-state index is 12.7. The lowest BCUT2D eigenvalue weighted by Crippen LogP contribution is -2.32. The van der Waals surface area contributed by atoms with Crippen LogP contribution >= 0.6 is 0 Å². The zero-order valence-electron chi connectivity index (χ0n) is 9.78. The number of rotatable bonds is 5. The monoisotopic (exact) mass is 258 g/mol. The van der Waals surface area contributed by atoms with E-state index in [9.17, 15) is 22.8 Å². The average Bonchev–Trinajstić information content (AvgIpc) is 2.34. The second-order valence-electron chi connectivity index (χ2n) is 4.14. The van der Waals surface area contributed by atoms with Gasteiger partial charge in [-0.1, -0.05) is 37.3 Å². The van der Waals surface area contributed by atoms with Crippen molar-refractivity contribution in [3.63, 3.8) is 0 Å². The first-order valence-electron chi connectivity index (χ1n) is 5.46. The van der Waals surface area contributed by atoms with Crippen LogP contribution in [-0.2, 0) is 4.79 Å². The van der Waals surface area contributed by atoms with Crippen LogP contribution in [0.4, 0.5) is 13.2 Å². The molecule has 1 rings (SSSR count). The minimum absolute atomic E-state index is 0.227. The van der Waals surface area contributed by atoms with Crippen LogP contribution < -0.4 is 0 Å². The minimum atomic E-state index is -4.55. The van der Waals surface area contributed by atoms with Crippen molar-refractivity contribution in [3.8, 4) is 0 Å². The van der Waals surface area contributed by atoms with Crippen LogP contribution in [0.25, 0.3) is 0 Å². The molecular formula is C13H13F3O2. The Balaban J connectivity index is 2.85. The third-order valence-electron chi connectivity index (χ3n) is 2.77. The number of ketones is 1. The molecule has 0 bridgehead atoms. The van der Waals surface area contributed by atoms with Crippen molar-refractivity contribution in [2.45, 2.75) is 19.5 Å².